The molecule has 19 heavy (non-hydrogen) atoms. The van der Waals surface area contributed by atoms with E-state index in [2.05, 4.69) is 4.98 Å². The van der Waals surface area contributed by atoms with Crippen LogP contribution in [0.3, 0.4) is 0 Å². The predicted molar refractivity (Wildman–Crippen MR) is 72.0 cm³/mol. The van der Waals surface area contributed by atoms with Crippen LogP contribution in [0.1, 0.15) is 42.7 Å². The summed E-state index contributed by atoms with van der Waals surface area (Å²) >= 11 is 0. The predicted octanol–water partition coefficient (Wildman–Crippen LogP) is 2.11. The van der Waals surface area contributed by atoms with E-state index in [1.807, 2.05) is 26.8 Å². The van der Waals surface area contributed by atoms with Gasteiger partial charge in [-0.3, -0.25) is 14.6 Å². The van der Waals surface area contributed by atoms with E-state index in [9.17, 15) is 9.59 Å². The maximum Gasteiger partial charge on any atom is 0.303 e. The summed E-state index contributed by atoms with van der Waals surface area (Å²) in [7, 11) is 0. The maximum absolute atomic E-state index is 12.4. The van der Waals surface area contributed by atoms with Gasteiger partial charge >= 0.3 is 5.97 Å². The van der Waals surface area contributed by atoms with Gasteiger partial charge in [0.2, 0.25) is 0 Å². The molecule has 0 aliphatic heterocycles. The Morgan fingerprint density at radius 2 is 2.11 bits per heavy atom. The van der Waals surface area contributed by atoms with Crippen molar-refractivity contribution >= 4 is 11.9 Å². The minimum Gasteiger partial charge on any atom is -0.481 e. The van der Waals surface area contributed by atoms with Gasteiger partial charge in [-0.2, -0.15) is 0 Å². The smallest absolute Gasteiger partial charge is 0.303 e. The van der Waals surface area contributed by atoms with Gasteiger partial charge in [-0.25, -0.2) is 0 Å². The highest BCUT2D eigenvalue weighted by Gasteiger charge is 2.21. The van der Waals surface area contributed by atoms with Crippen LogP contribution in [0.5, 0.6) is 0 Å². The zero-order chi connectivity index (χ0) is 14.4. The normalized spacial score (nSPS) is 10.5. The van der Waals surface area contributed by atoms with Crippen molar-refractivity contribution in [3.8, 4) is 0 Å². The van der Waals surface area contributed by atoms with Crippen molar-refractivity contribution in [1.82, 2.24) is 9.88 Å². The molecular weight excluding hydrogens is 244 g/mol. The quantitative estimate of drug-likeness (QED) is 0.854. The first-order valence-electron chi connectivity index (χ1n) is 6.38. The molecular formula is C14H20N2O3. The second-order valence-corrected chi connectivity index (χ2v) is 4.76. The van der Waals surface area contributed by atoms with E-state index in [0.29, 0.717) is 18.7 Å². The Morgan fingerprint density at radius 3 is 2.63 bits per heavy atom. The second-order valence-electron chi connectivity index (χ2n) is 4.76. The first kappa shape index (κ1) is 15.1. The molecule has 0 aliphatic rings. The molecule has 1 heterocycles. The number of pyridine rings is 1. The summed E-state index contributed by atoms with van der Waals surface area (Å²) in [5, 5.41) is 8.65. The molecule has 104 valence electrons. The fraction of sp³-hybridized carbons (Fsp3) is 0.500. The van der Waals surface area contributed by atoms with Gasteiger partial charge in [0.25, 0.3) is 5.91 Å². The molecule has 0 aliphatic carbocycles. The van der Waals surface area contributed by atoms with E-state index in [4.69, 9.17) is 5.11 Å². The summed E-state index contributed by atoms with van der Waals surface area (Å²) in [5.74, 6) is -0.983. The van der Waals surface area contributed by atoms with Crippen molar-refractivity contribution in [3.05, 3.63) is 29.6 Å². The summed E-state index contributed by atoms with van der Waals surface area (Å²) in [6.07, 6.45) is 2.11. The minimum absolute atomic E-state index is 0.0164. The summed E-state index contributed by atoms with van der Waals surface area (Å²) in [6.45, 7) is 6.10. The zero-order valence-electron chi connectivity index (χ0n) is 11.6. The van der Waals surface area contributed by atoms with Crippen molar-refractivity contribution in [2.24, 2.45) is 0 Å². The number of amides is 1. The van der Waals surface area contributed by atoms with Crippen molar-refractivity contribution in [2.45, 2.75) is 39.7 Å². The molecule has 5 nitrogen and oxygen atoms in total. The highest BCUT2D eigenvalue weighted by Crippen LogP contribution is 2.11. The Balaban J connectivity index is 2.79. The number of carbonyl (C=O) groups excluding carboxylic acids is 1. The van der Waals surface area contributed by atoms with Crippen LogP contribution in [0.2, 0.25) is 0 Å². The van der Waals surface area contributed by atoms with E-state index < -0.39 is 5.97 Å². The molecule has 0 saturated heterocycles. The van der Waals surface area contributed by atoms with Gasteiger partial charge in [0.05, 0.1) is 0 Å². The number of hydrogen-bond acceptors (Lipinski definition) is 3. The fourth-order valence-electron chi connectivity index (χ4n) is 1.84. The highest BCUT2D eigenvalue weighted by molar-refractivity contribution is 5.93. The molecule has 0 saturated carbocycles. The number of hydrogen-bond donors (Lipinski definition) is 1. The molecule has 0 bridgehead atoms. The summed E-state index contributed by atoms with van der Waals surface area (Å²) in [5.41, 5.74) is 1.27. The van der Waals surface area contributed by atoms with Crippen LogP contribution in [-0.4, -0.2) is 39.5 Å². The summed E-state index contributed by atoms with van der Waals surface area (Å²) < 4.78 is 0. The third-order valence-corrected chi connectivity index (χ3v) is 2.89. The average molecular weight is 264 g/mol. The van der Waals surface area contributed by atoms with Gasteiger partial charge in [-0.1, -0.05) is 6.07 Å². The Labute approximate surface area is 113 Å². The molecule has 1 rings (SSSR count). The van der Waals surface area contributed by atoms with Crippen LogP contribution in [0.4, 0.5) is 0 Å². The molecule has 0 unspecified atom stereocenters. The molecule has 1 aromatic heterocycles. The van der Waals surface area contributed by atoms with Crippen LogP contribution in [-0.2, 0) is 4.79 Å². The molecule has 1 aromatic rings. The van der Waals surface area contributed by atoms with Crippen molar-refractivity contribution in [1.29, 1.82) is 0 Å². The Morgan fingerprint density at radius 1 is 1.42 bits per heavy atom. The molecule has 5 heteroatoms. The standard InChI is InChI=1S/C14H20N2O3/c1-10(2)16(9-5-7-12(17)18)14(19)13-11(3)6-4-8-15-13/h4,6,8,10H,5,7,9H2,1-3H3,(H,17,18). The monoisotopic (exact) mass is 264 g/mol. The van der Waals surface area contributed by atoms with E-state index in [1.165, 1.54) is 0 Å². The lowest BCUT2D eigenvalue weighted by Gasteiger charge is -2.26. The van der Waals surface area contributed by atoms with E-state index in [0.717, 1.165) is 5.56 Å². The average Bonchev–Trinajstić information content (AvgIpc) is 2.33. The topological polar surface area (TPSA) is 70.5 Å². The highest BCUT2D eigenvalue weighted by atomic mass is 16.4. The van der Waals surface area contributed by atoms with Crippen LogP contribution >= 0.6 is 0 Å². The molecule has 0 spiro atoms. The summed E-state index contributed by atoms with van der Waals surface area (Å²) in [6, 6.07) is 3.65. The van der Waals surface area contributed by atoms with Gasteiger partial charge in [-0.05, 0) is 38.8 Å². The molecule has 0 fully saturated rings. The van der Waals surface area contributed by atoms with Gasteiger partial charge in [-0.15, -0.1) is 0 Å². The third kappa shape index (κ3) is 4.35. The molecule has 0 radical (unpaired) electrons. The number of aryl methyl sites for hydroxylation is 1. The molecule has 0 aromatic carbocycles. The number of rotatable bonds is 6. The van der Waals surface area contributed by atoms with Gasteiger partial charge in [0.1, 0.15) is 5.69 Å². The van der Waals surface area contributed by atoms with Crippen molar-refractivity contribution in [3.63, 3.8) is 0 Å². The Bertz CT molecular complexity index is 458. The van der Waals surface area contributed by atoms with Gasteiger partial charge in [0, 0.05) is 25.2 Å². The fourth-order valence-corrected chi connectivity index (χ4v) is 1.84. The Hall–Kier alpha value is -1.91. The van der Waals surface area contributed by atoms with Crippen LogP contribution in [0, 0.1) is 6.92 Å². The maximum atomic E-state index is 12.4. The van der Waals surface area contributed by atoms with Crippen LogP contribution in [0.25, 0.3) is 0 Å². The van der Waals surface area contributed by atoms with Gasteiger partial charge < -0.3 is 10.0 Å². The first-order valence-corrected chi connectivity index (χ1v) is 6.38. The van der Waals surface area contributed by atoms with Crippen molar-refractivity contribution < 1.29 is 14.7 Å². The lowest BCUT2D eigenvalue weighted by Crippen LogP contribution is -2.38. The number of aromatic nitrogens is 1. The number of aliphatic carboxylic acids is 1. The van der Waals surface area contributed by atoms with Crippen LogP contribution < -0.4 is 0 Å². The Kier molecular flexibility index (Phi) is 5.48. The molecule has 1 N–H and O–H groups in total. The minimum atomic E-state index is -0.842. The number of carboxylic acid groups (broad SMARTS) is 1. The van der Waals surface area contributed by atoms with Crippen LogP contribution in [0.15, 0.2) is 18.3 Å². The van der Waals surface area contributed by atoms with E-state index in [1.54, 1.807) is 17.2 Å². The second kappa shape index (κ2) is 6.87. The number of carboxylic acids is 1. The zero-order valence-corrected chi connectivity index (χ0v) is 11.6. The molecule has 0 atom stereocenters. The van der Waals surface area contributed by atoms with E-state index in [-0.39, 0.29) is 18.4 Å². The molecule has 1 amide bonds. The third-order valence-electron chi connectivity index (χ3n) is 2.89. The van der Waals surface area contributed by atoms with E-state index >= 15 is 0 Å². The lowest BCUT2D eigenvalue weighted by molar-refractivity contribution is -0.137. The summed E-state index contributed by atoms with van der Waals surface area (Å²) in [4.78, 5) is 28.7. The van der Waals surface area contributed by atoms with Crippen molar-refractivity contribution in [2.75, 3.05) is 6.54 Å². The lowest BCUT2D eigenvalue weighted by atomic mass is 10.1. The largest absolute Gasteiger partial charge is 0.481 e. The SMILES string of the molecule is Cc1cccnc1C(=O)N(CCCC(=O)O)C(C)C. The van der Waals surface area contributed by atoms with Gasteiger partial charge in [0.15, 0.2) is 0 Å². The number of carbonyl (C=O) groups is 2. The number of nitrogens with zero attached hydrogens (tertiary/aromatic N) is 2. The first-order chi connectivity index (χ1) is 8.93.